The van der Waals surface area contributed by atoms with Crippen molar-refractivity contribution in [3.63, 3.8) is 0 Å². The fourth-order valence-corrected chi connectivity index (χ4v) is 2.89. The molecule has 0 aromatic heterocycles. The Balaban J connectivity index is 2.24. The number of methoxy groups -OCH3 is 1. The molecule has 0 spiro atoms. The van der Waals surface area contributed by atoms with Crippen molar-refractivity contribution in [2.24, 2.45) is 0 Å². The average Bonchev–Trinajstić information content (AvgIpc) is 2.57. The van der Waals surface area contributed by atoms with Crippen molar-refractivity contribution in [3.05, 3.63) is 23.8 Å². The van der Waals surface area contributed by atoms with Crippen molar-refractivity contribution in [2.45, 2.75) is 64.4 Å². The lowest BCUT2D eigenvalue weighted by Crippen LogP contribution is -2.36. The van der Waals surface area contributed by atoms with Crippen LogP contribution in [0.4, 0.5) is 0 Å². The minimum Gasteiger partial charge on any atom is -0.493 e. The number of aliphatic hydroxyl groups excluding tert-OH is 1. The van der Waals surface area contributed by atoms with Crippen LogP contribution in [-0.4, -0.2) is 29.5 Å². The van der Waals surface area contributed by atoms with Gasteiger partial charge in [0.25, 0.3) is 0 Å². The van der Waals surface area contributed by atoms with Gasteiger partial charge in [-0.15, -0.1) is 0 Å². The molecule has 118 valence electrons. The molecule has 1 aromatic carbocycles. The van der Waals surface area contributed by atoms with Gasteiger partial charge in [0.15, 0.2) is 11.5 Å². The lowest BCUT2D eigenvalue weighted by atomic mass is 9.97. The normalized spacial score (nSPS) is 24.6. The van der Waals surface area contributed by atoms with Gasteiger partial charge in [-0.2, -0.15) is 0 Å². The quantitative estimate of drug-likeness (QED) is 0.923. The van der Waals surface area contributed by atoms with Gasteiger partial charge < -0.3 is 19.3 Å². The minimum atomic E-state index is -0.530. The third kappa shape index (κ3) is 3.50. The molecule has 0 aliphatic carbocycles. The Bertz CT molecular complexity index is 506. The summed E-state index contributed by atoms with van der Waals surface area (Å²) in [7, 11) is 1.61. The molecule has 1 aromatic rings. The van der Waals surface area contributed by atoms with Crippen molar-refractivity contribution in [1.29, 1.82) is 0 Å². The molecular weight excluding hydrogens is 268 g/mol. The van der Waals surface area contributed by atoms with Gasteiger partial charge in [-0.3, -0.25) is 0 Å². The summed E-state index contributed by atoms with van der Waals surface area (Å²) < 4.78 is 17.6. The van der Waals surface area contributed by atoms with Gasteiger partial charge in [-0.05, 0) is 52.3 Å². The highest BCUT2D eigenvalue weighted by atomic mass is 16.6. The Hall–Kier alpha value is -1.26. The fourth-order valence-electron chi connectivity index (χ4n) is 2.89. The molecule has 1 saturated heterocycles. The van der Waals surface area contributed by atoms with Crippen molar-refractivity contribution in [3.8, 4) is 11.5 Å². The van der Waals surface area contributed by atoms with Gasteiger partial charge in [-0.1, -0.05) is 6.07 Å². The van der Waals surface area contributed by atoms with Gasteiger partial charge in [-0.25, -0.2) is 0 Å². The summed E-state index contributed by atoms with van der Waals surface area (Å²) >= 11 is 0. The third-order valence-electron chi connectivity index (χ3n) is 3.93. The first-order chi connectivity index (χ1) is 9.64. The number of rotatable bonds is 4. The van der Waals surface area contributed by atoms with Gasteiger partial charge >= 0.3 is 0 Å². The van der Waals surface area contributed by atoms with E-state index in [0.29, 0.717) is 11.5 Å². The third-order valence-corrected chi connectivity index (χ3v) is 3.93. The van der Waals surface area contributed by atoms with Crippen LogP contribution in [0.3, 0.4) is 0 Å². The summed E-state index contributed by atoms with van der Waals surface area (Å²) in [5.74, 6) is 1.31. The van der Waals surface area contributed by atoms with E-state index in [1.807, 2.05) is 32.0 Å². The summed E-state index contributed by atoms with van der Waals surface area (Å²) in [6.07, 6.45) is 0.248. The molecule has 0 bridgehead atoms. The summed E-state index contributed by atoms with van der Waals surface area (Å²) in [4.78, 5) is 0. The zero-order chi connectivity index (χ0) is 15.8. The molecule has 1 heterocycles. The van der Waals surface area contributed by atoms with Crippen LogP contribution in [0.2, 0.25) is 0 Å². The zero-order valence-corrected chi connectivity index (χ0v) is 13.8. The summed E-state index contributed by atoms with van der Waals surface area (Å²) in [5.41, 5.74) is 0.264. The van der Waals surface area contributed by atoms with Crippen LogP contribution >= 0.6 is 0 Å². The van der Waals surface area contributed by atoms with Crippen LogP contribution in [0.5, 0.6) is 11.5 Å². The first-order valence-electron chi connectivity index (χ1n) is 7.37. The van der Waals surface area contributed by atoms with Crippen molar-refractivity contribution in [2.75, 3.05) is 7.11 Å². The van der Waals surface area contributed by atoms with Crippen LogP contribution in [0, 0.1) is 0 Å². The molecule has 1 unspecified atom stereocenters. The number of aliphatic hydroxyl groups is 1. The second-order valence-corrected chi connectivity index (χ2v) is 6.86. The topological polar surface area (TPSA) is 47.9 Å². The van der Waals surface area contributed by atoms with Crippen molar-refractivity contribution in [1.82, 2.24) is 0 Å². The second-order valence-electron chi connectivity index (χ2n) is 6.86. The SMILES string of the molecule is COc1cc([C@@H](C)O)ccc1OC1CC(C)(C)OC1(C)C. The molecule has 0 radical (unpaired) electrons. The Morgan fingerprint density at radius 2 is 1.90 bits per heavy atom. The van der Waals surface area contributed by atoms with E-state index in [-0.39, 0.29) is 17.3 Å². The highest BCUT2D eigenvalue weighted by Crippen LogP contribution is 2.41. The smallest absolute Gasteiger partial charge is 0.161 e. The van der Waals surface area contributed by atoms with Gasteiger partial charge in [0.05, 0.1) is 18.8 Å². The highest BCUT2D eigenvalue weighted by molar-refractivity contribution is 5.43. The maximum atomic E-state index is 9.65. The van der Waals surface area contributed by atoms with E-state index in [1.54, 1.807) is 14.0 Å². The molecular formula is C17H26O4. The summed E-state index contributed by atoms with van der Waals surface area (Å²) in [6, 6.07) is 5.52. The Morgan fingerprint density at radius 3 is 2.38 bits per heavy atom. The fraction of sp³-hybridized carbons (Fsp3) is 0.647. The van der Waals surface area contributed by atoms with Crippen molar-refractivity contribution < 1.29 is 19.3 Å². The number of ether oxygens (including phenoxy) is 3. The molecule has 2 atom stereocenters. The largest absolute Gasteiger partial charge is 0.493 e. The Labute approximate surface area is 127 Å². The molecule has 4 nitrogen and oxygen atoms in total. The molecule has 2 rings (SSSR count). The van der Waals surface area contributed by atoms with Crippen LogP contribution in [-0.2, 0) is 4.74 Å². The first-order valence-corrected chi connectivity index (χ1v) is 7.37. The maximum Gasteiger partial charge on any atom is 0.161 e. The maximum absolute atomic E-state index is 9.65. The van der Waals surface area contributed by atoms with E-state index in [2.05, 4.69) is 13.8 Å². The molecule has 1 aliphatic rings. The predicted octanol–water partition coefficient (Wildman–Crippen LogP) is 3.47. The van der Waals surface area contributed by atoms with Crippen LogP contribution in [0.15, 0.2) is 18.2 Å². The molecule has 21 heavy (non-hydrogen) atoms. The zero-order valence-electron chi connectivity index (χ0n) is 13.8. The number of benzene rings is 1. The van der Waals surface area contributed by atoms with Gasteiger partial charge in [0.2, 0.25) is 0 Å². The molecule has 4 heteroatoms. The van der Waals surface area contributed by atoms with E-state index in [1.165, 1.54) is 0 Å². The Morgan fingerprint density at radius 1 is 1.24 bits per heavy atom. The lowest BCUT2D eigenvalue weighted by Gasteiger charge is -2.28. The molecule has 0 amide bonds. The monoisotopic (exact) mass is 294 g/mol. The Kier molecular flexibility index (Phi) is 4.22. The van der Waals surface area contributed by atoms with E-state index in [4.69, 9.17) is 14.2 Å². The van der Waals surface area contributed by atoms with Crippen LogP contribution < -0.4 is 9.47 Å². The summed E-state index contributed by atoms with van der Waals surface area (Å²) in [6.45, 7) is 9.97. The number of hydrogen-bond acceptors (Lipinski definition) is 4. The molecule has 1 N–H and O–H groups in total. The molecule has 1 fully saturated rings. The van der Waals surface area contributed by atoms with E-state index < -0.39 is 6.10 Å². The van der Waals surface area contributed by atoms with Gasteiger partial charge in [0.1, 0.15) is 11.7 Å². The average molecular weight is 294 g/mol. The number of hydrogen-bond donors (Lipinski definition) is 1. The second kappa shape index (κ2) is 5.50. The van der Waals surface area contributed by atoms with E-state index in [0.717, 1.165) is 12.0 Å². The molecule has 0 saturated carbocycles. The van der Waals surface area contributed by atoms with Crippen LogP contribution in [0.25, 0.3) is 0 Å². The molecule has 1 aliphatic heterocycles. The standard InChI is InChI=1S/C17H26O4/c1-11(18)12-7-8-13(14(9-12)19-6)20-15-10-16(2,3)21-17(15,4)5/h7-9,11,15,18H,10H2,1-6H3/t11-,15?/m1/s1. The highest BCUT2D eigenvalue weighted by Gasteiger charge is 2.47. The van der Waals surface area contributed by atoms with Crippen LogP contribution in [0.1, 0.15) is 52.7 Å². The lowest BCUT2D eigenvalue weighted by molar-refractivity contribution is -0.0847. The summed E-state index contributed by atoms with van der Waals surface area (Å²) in [5, 5.41) is 9.65. The van der Waals surface area contributed by atoms with E-state index >= 15 is 0 Å². The first kappa shape index (κ1) is 16.1. The minimum absolute atomic E-state index is 0.0428. The van der Waals surface area contributed by atoms with Gasteiger partial charge in [0, 0.05) is 6.42 Å². The van der Waals surface area contributed by atoms with Crippen molar-refractivity contribution >= 4 is 0 Å². The van der Waals surface area contributed by atoms with E-state index in [9.17, 15) is 5.11 Å². The predicted molar refractivity (Wildman–Crippen MR) is 81.9 cm³/mol.